The predicted octanol–water partition coefficient (Wildman–Crippen LogP) is 2.56. The second-order valence-corrected chi connectivity index (χ2v) is 3.75. The van der Waals surface area contributed by atoms with Gasteiger partial charge in [0, 0.05) is 12.1 Å². The summed E-state index contributed by atoms with van der Waals surface area (Å²) >= 11 is 0. The molecule has 0 bridgehead atoms. The quantitative estimate of drug-likeness (QED) is 0.805. The van der Waals surface area contributed by atoms with Gasteiger partial charge in [0.15, 0.2) is 0 Å². The van der Waals surface area contributed by atoms with E-state index >= 15 is 0 Å². The third-order valence-corrected chi connectivity index (χ3v) is 2.35. The molecule has 2 heteroatoms. The van der Waals surface area contributed by atoms with Gasteiger partial charge in [-0.1, -0.05) is 29.8 Å². The fraction of sp³-hybridized carbons (Fsp3) is 0.154. The van der Waals surface area contributed by atoms with Crippen LogP contribution in [0.3, 0.4) is 0 Å². The SMILES string of the molecule is Cc1ccc(Cc2ccc(N)cn2)cc1. The number of hydrogen-bond acceptors (Lipinski definition) is 2. The number of nitrogens with two attached hydrogens (primary N) is 1. The average Bonchev–Trinajstić information content (AvgIpc) is 2.25. The van der Waals surface area contributed by atoms with Crippen LogP contribution in [-0.2, 0) is 6.42 Å². The number of rotatable bonds is 2. The lowest BCUT2D eigenvalue weighted by molar-refractivity contribution is 1.07. The van der Waals surface area contributed by atoms with Crippen LogP contribution in [0.25, 0.3) is 0 Å². The maximum absolute atomic E-state index is 5.58. The molecule has 2 N–H and O–H groups in total. The lowest BCUT2D eigenvalue weighted by atomic mass is 10.1. The number of anilines is 1. The lowest BCUT2D eigenvalue weighted by Gasteiger charge is -2.02. The number of aryl methyl sites for hydroxylation is 1. The van der Waals surface area contributed by atoms with Crippen LogP contribution < -0.4 is 5.73 Å². The summed E-state index contributed by atoms with van der Waals surface area (Å²) in [6, 6.07) is 12.4. The molecule has 1 heterocycles. The normalized spacial score (nSPS) is 10.2. The van der Waals surface area contributed by atoms with Gasteiger partial charge in [-0.2, -0.15) is 0 Å². The van der Waals surface area contributed by atoms with E-state index in [0.29, 0.717) is 5.69 Å². The van der Waals surface area contributed by atoms with Crippen molar-refractivity contribution in [3.63, 3.8) is 0 Å². The van der Waals surface area contributed by atoms with Crippen molar-refractivity contribution in [2.24, 2.45) is 0 Å². The summed E-state index contributed by atoms with van der Waals surface area (Å²) in [5, 5.41) is 0. The van der Waals surface area contributed by atoms with Crippen LogP contribution in [0, 0.1) is 6.92 Å². The van der Waals surface area contributed by atoms with E-state index in [1.54, 1.807) is 6.20 Å². The van der Waals surface area contributed by atoms with E-state index in [1.807, 2.05) is 12.1 Å². The van der Waals surface area contributed by atoms with Gasteiger partial charge in [-0.25, -0.2) is 0 Å². The smallest absolute Gasteiger partial charge is 0.0501 e. The van der Waals surface area contributed by atoms with Gasteiger partial charge in [0.25, 0.3) is 0 Å². The van der Waals surface area contributed by atoms with Crippen molar-refractivity contribution in [2.45, 2.75) is 13.3 Å². The van der Waals surface area contributed by atoms with E-state index < -0.39 is 0 Å². The molecule has 2 nitrogen and oxygen atoms in total. The van der Waals surface area contributed by atoms with Crippen LogP contribution in [0.5, 0.6) is 0 Å². The van der Waals surface area contributed by atoms with E-state index in [9.17, 15) is 0 Å². The molecule has 2 aromatic rings. The highest BCUT2D eigenvalue weighted by molar-refractivity contribution is 5.35. The monoisotopic (exact) mass is 198 g/mol. The third-order valence-electron chi connectivity index (χ3n) is 2.35. The molecular weight excluding hydrogens is 184 g/mol. The minimum absolute atomic E-state index is 0.711. The summed E-state index contributed by atoms with van der Waals surface area (Å²) in [6.07, 6.45) is 2.56. The minimum Gasteiger partial charge on any atom is -0.397 e. The maximum Gasteiger partial charge on any atom is 0.0501 e. The van der Waals surface area contributed by atoms with Crippen LogP contribution in [0.15, 0.2) is 42.6 Å². The number of benzene rings is 1. The van der Waals surface area contributed by atoms with E-state index in [0.717, 1.165) is 12.1 Å². The summed E-state index contributed by atoms with van der Waals surface area (Å²) < 4.78 is 0. The minimum atomic E-state index is 0.711. The van der Waals surface area contributed by atoms with Gasteiger partial charge in [-0.05, 0) is 24.6 Å². The van der Waals surface area contributed by atoms with Gasteiger partial charge < -0.3 is 5.73 Å². The standard InChI is InChI=1S/C13H14N2/c1-10-2-4-11(5-3-10)8-13-7-6-12(14)9-15-13/h2-7,9H,8,14H2,1H3. The molecule has 0 aliphatic rings. The van der Waals surface area contributed by atoms with Crippen LogP contribution >= 0.6 is 0 Å². The molecule has 0 atom stereocenters. The molecule has 0 spiro atoms. The summed E-state index contributed by atoms with van der Waals surface area (Å²) in [6.45, 7) is 2.09. The highest BCUT2D eigenvalue weighted by atomic mass is 14.7. The van der Waals surface area contributed by atoms with Gasteiger partial charge in [-0.15, -0.1) is 0 Å². The Hall–Kier alpha value is -1.83. The van der Waals surface area contributed by atoms with Crippen LogP contribution in [0.1, 0.15) is 16.8 Å². The third kappa shape index (κ3) is 2.56. The maximum atomic E-state index is 5.58. The summed E-state index contributed by atoms with van der Waals surface area (Å²) in [7, 11) is 0. The Labute approximate surface area is 89.8 Å². The van der Waals surface area contributed by atoms with Crippen LogP contribution in [0.2, 0.25) is 0 Å². The molecule has 1 aromatic heterocycles. The number of hydrogen-bond donors (Lipinski definition) is 1. The van der Waals surface area contributed by atoms with Crippen molar-refractivity contribution >= 4 is 5.69 Å². The van der Waals surface area contributed by atoms with E-state index in [1.165, 1.54) is 11.1 Å². The molecule has 0 saturated carbocycles. The van der Waals surface area contributed by atoms with Crippen LogP contribution in [-0.4, -0.2) is 4.98 Å². The molecule has 0 amide bonds. The zero-order valence-electron chi connectivity index (χ0n) is 8.77. The molecule has 0 unspecified atom stereocenters. The molecule has 0 radical (unpaired) electrons. The van der Waals surface area contributed by atoms with Crippen molar-refractivity contribution in [2.75, 3.05) is 5.73 Å². The fourth-order valence-corrected chi connectivity index (χ4v) is 1.46. The van der Waals surface area contributed by atoms with Crippen molar-refractivity contribution in [1.82, 2.24) is 4.98 Å². The van der Waals surface area contributed by atoms with Crippen molar-refractivity contribution in [3.05, 3.63) is 59.4 Å². The molecule has 0 aliphatic carbocycles. The first-order chi connectivity index (χ1) is 7.24. The molecule has 0 fully saturated rings. The highest BCUT2D eigenvalue weighted by Crippen LogP contribution is 2.09. The first-order valence-electron chi connectivity index (χ1n) is 5.00. The number of aromatic nitrogens is 1. The summed E-state index contributed by atoms with van der Waals surface area (Å²) in [4.78, 5) is 4.27. The predicted molar refractivity (Wildman–Crippen MR) is 62.6 cm³/mol. The van der Waals surface area contributed by atoms with E-state index in [2.05, 4.69) is 36.2 Å². The van der Waals surface area contributed by atoms with Crippen molar-refractivity contribution in [1.29, 1.82) is 0 Å². The molecule has 1 aromatic carbocycles. The van der Waals surface area contributed by atoms with Crippen molar-refractivity contribution in [3.8, 4) is 0 Å². The Balaban J connectivity index is 2.15. The number of pyridine rings is 1. The molecule has 2 rings (SSSR count). The molecule has 0 saturated heterocycles. The van der Waals surface area contributed by atoms with E-state index in [-0.39, 0.29) is 0 Å². The van der Waals surface area contributed by atoms with Gasteiger partial charge in [0.05, 0.1) is 11.9 Å². The fourth-order valence-electron chi connectivity index (χ4n) is 1.46. The van der Waals surface area contributed by atoms with Crippen molar-refractivity contribution < 1.29 is 0 Å². The lowest BCUT2D eigenvalue weighted by Crippen LogP contribution is -1.93. The zero-order chi connectivity index (χ0) is 10.7. The Bertz CT molecular complexity index is 386. The highest BCUT2D eigenvalue weighted by Gasteiger charge is 1.97. The number of nitrogen functional groups attached to an aromatic ring is 1. The Morgan fingerprint density at radius 1 is 1.07 bits per heavy atom. The average molecular weight is 198 g/mol. The first-order valence-corrected chi connectivity index (χ1v) is 5.00. The second-order valence-electron chi connectivity index (χ2n) is 3.75. The van der Waals surface area contributed by atoms with Gasteiger partial charge in [-0.3, -0.25) is 4.98 Å². The largest absolute Gasteiger partial charge is 0.397 e. The first kappa shape index (κ1) is 9.71. The van der Waals surface area contributed by atoms with Gasteiger partial charge in [0.1, 0.15) is 0 Å². The Kier molecular flexibility index (Phi) is 2.68. The van der Waals surface area contributed by atoms with Gasteiger partial charge >= 0.3 is 0 Å². The van der Waals surface area contributed by atoms with Crippen LogP contribution in [0.4, 0.5) is 5.69 Å². The summed E-state index contributed by atoms with van der Waals surface area (Å²) in [5.41, 5.74) is 9.89. The molecule has 15 heavy (non-hydrogen) atoms. The zero-order valence-corrected chi connectivity index (χ0v) is 8.77. The number of nitrogens with zero attached hydrogens (tertiary/aromatic N) is 1. The second kappa shape index (κ2) is 4.13. The Morgan fingerprint density at radius 3 is 2.40 bits per heavy atom. The molecule has 0 aliphatic heterocycles. The van der Waals surface area contributed by atoms with Gasteiger partial charge in [0.2, 0.25) is 0 Å². The molecular formula is C13H14N2. The Morgan fingerprint density at radius 2 is 1.80 bits per heavy atom. The van der Waals surface area contributed by atoms with E-state index in [4.69, 9.17) is 5.73 Å². The summed E-state index contributed by atoms with van der Waals surface area (Å²) in [5.74, 6) is 0. The molecule has 76 valence electrons. The topological polar surface area (TPSA) is 38.9 Å².